The van der Waals surface area contributed by atoms with Crippen molar-refractivity contribution < 1.29 is 0 Å². The van der Waals surface area contributed by atoms with E-state index in [4.69, 9.17) is 0 Å². The van der Waals surface area contributed by atoms with Crippen LogP contribution in [0.15, 0.2) is 140 Å². The molecule has 0 aliphatic carbocycles. The Labute approximate surface area is 219 Å². The second-order valence-electron chi connectivity index (χ2n) is 9.73. The normalized spacial score (nSPS) is 11.7. The highest BCUT2D eigenvalue weighted by Gasteiger charge is 2.15. The number of fused-ring (bicyclic) bond motifs is 6. The average molecular weight is 486 g/mol. The van der Waals surface area contributed by atoms with Gasteiger partial charge in [0.2, 0.25) is 0 Å². The van der Waals surface area contributed by atoms with E-state index in [0.717, 1.165) is 16.9 Å². The molecule has 3 aromatic heterocycles. The quantitative estimate of drug-likeness (QED) is 0.245. The van der Waals surface area contributed by atoms with Gasteiger partial charge in [0.1, 0.15) is 0 Å². The number of pyridine rings is 1. The highest BCUT2D eigenvalue weighted by molar-refractivity contribution is 6.18. The van der Waals surface area contributed by atoms with Gasteiger partial charge < -0.3 is 9.13 Å². The number of nitrogens with zero attached hydrogens (tertiary/aromatic N) is 3. The topological polar surface area (TPSA) is 22.8 Å². The van der Waals surface area contributed by atoms with Crippen LogP contribution in [0.3, 0.4) is 0 Å². The largest absolute Gasteiger partial charge is 0.317 e. The zero-order valence-electron chi connectivity index (χ0n) is 20.6. The van der Waals surface area contributed by atoms with Gasteiger partial charge in [-0.2, -0.15) is 0 Å². The predicted octanol–water partition coefficient (Wildman–Crippen LogP) is 8.94. The molecule has 3 heteroatoms. The van der Waals surface area contributed by atoms with E-state index in [1.165, 1.54) is 49.2 Å². The summed E-state index contributed by atoms with van der Waals surface area (Å²) in [4.78, 5) is 4.58. The Morgan fingerprint density at radius 1 is 0.474 bits per heavy atom. The minimum Gasteiger partial charge on any atom is -0.317 e. The number of rotatable bonds is 3. The first-order valence-corrected chi connectivity index (χ1v) is 12.9. The second kappa shape index (κ2) is 8.19. The summed E-state index contributed by atoms with van der Waals surface area (Å²) >= 11 is 0. The fraction of sp³-hybridized carbons (Fsp3) is 0. The standard InChI is InChI=1S/C35H23N3/c1-2-10-26(11-3-1)37-20-18-29-30-23-31-28-13-4-5-15-34(28)38(35(31)22-24(30)16-17-33(29)37)27-12-8-9-25(21-27)32-14-6-7-19-36-32/h1-23H. The molecule has 38 heavy (non-hydrogen) atoms. The number of aromatic nitrogens is 3. The van der Waals surface area contributed by atoms with Crippen molar-refractivity contribution in [3.05, 3.63) is 140 Å². The van der Waals surface area contributed by atoms with E-state index in [2.05, 4.69) is 136 Å². The Morgan fingerprint density at radius 3 is 2.18 bits per heavy atom. The van der Waals surface area contributed by atoms with Crippen LogP contribution in [0.25, 0.3) is 66.1 Å². The minimum atomic E-state index is 0.978. The molecule has 5 aromatic carbocycles. The van der Waals surface area contributed by atoms with Crippen molar-refractivity contribution in [3.8, 4) is 22.6 Å². The minimum absolute atomic E-state index is 0.978. The third-order valence-electron chi connectivity index (χ3n) is 7.58. The van der Waals surface area contributed by atoms with Crippen LogP contribution >= 0.6 is 0 Å². The number of hydrogen-bond acceptors (Lipinski definition) is 1. The molecule has 3 heterocycles. The fourth-order valence-corrected chi connectivity index (χ4v) is 5.84. The summed E-state index contributed by atoms with van der Waals surface area (Å²) in [5.74, 6) is 0. The van der Waals surface area contributed by atoms with Gasteiger partial charge in [-0.05, 0) is 77.5 Å². The molecule has 0 bridgehead atoms. The van der Waals surface area contributed by atoms with Gasteiger partial charge in [-0.25, -0.2) is 0 Å². The monoisotopic (exact) mass is 485 g/mol. The highest BCUT2D eigenvalue weighted by atomic mass is 15.0. The van der Waals surface area contributed by atoms with Crippen LogP contribution in [0.1, 0.15) is 0 Å². The van der Waals surface area contributed by atoms with Crippen LogP contribution in [0.4, 0.5) is 0 Å². The lowest BCUT2D eigenvalue weighted by atomic mass is 10.0. The SMILES string of the molecule is c1ccc(-n2ccc3c4cc5c6ccccc6n(-c6cccc(-c7ccccn7)c6)c5cc4ccc32)cc1. The maximum absolute atomic E-state index is 4.58. The van der Waals surface area contributed by atoms with Crippen molar-refractivity contribution in [1.29, 1.82) is 0 Å². The van der Waals surface area contributed by atoms with E-state index >= 15 is 0 Å². The smallest absolute Gasteiger partial charge is 0.0702 e. The van der Waals surface area contributed by atoms with Gasteiger partial charge in [0, 0.05) is 45.5 Å². The molecule has 0 unspecified atom stereocenters. The molecule has 3 nitrogen and oxygen atoms in total. The Bertz CT molecular complexity index is 2120. The van der Waals surface area contributed by atoms with Crippen molar-refractivity contribution in [1.82, 2.24) is 14.1 Å². The summed E-state index contributed by atoms with van der Waals surface area (Å²) in [7, 11) is 0. The van der Waals surface area contributed by atoms with Crippen molar-refractivity contribution >= 4 is 43.5 Å². The fourth-order valence-electron chi connectivity index (χ4n) is 5.84. The third-order valence-corrected chi connectivity index (χ3v) is 7.58. The molecular weight excluding hydrogens is 462 g/mol. The molecule has 0 amide bonds. The van der Waals surface area contributed by atoms with E-state index in [-0.39, 0.29) is 0 Å². The van der Waals surface area contributed by atoms with Crippen molar-refractivity contribution in [2.24, 2.45) is 0 Å². The van der Waals surface area contributed by atoms with Crippen LogP contribution < -0.4 is 0 Å². The Morgan fingerprint density at radius 2 is 1.29 bits per heavy atom. The molecule has 0 fully saturated rings. The summed E-state index contributed by atoms with van der Waals surface area (Å²) in [6, 6.07) is 45.4. The molecule has 0 N–H and O–H groups in total. The zero-order chi connectivity index (χ0) is 25.1. The number of benzene rings is 5. The summed E-state index contributed by atoms with van der Waals surface area (Å²) in [5.41, 5.74) is 8.02. The van der Waals surface area contributed by atoms with Crippen LogP contribution in [0.5, 0.6) is 0 Å². The van der Waals surface area contributed by atoms with Crippen LogP contribution in [-0.2, 0) is 0 Å². The van der Waals surface area contributed by atoms with Gasteiger partial charge in [0.15, 0.2) is 0 Å². The summed E-state index contributed by atoms with van der Waals surface area (Å²) in [5, 5.41) is 6.29. The molecule has 8 rings (SSSR count). The summed E-state index contributed by atoms with van der Waals surface area (Å²) < 4.78 is 4.65. The third kappa shape index (κ3) is 3.12. The van der Waals surface area contributed by atoms with Crippen molar-refractivity contribution in [2.75, 3.05) is 0 Å². The Hall–Kier alpha value is -5.15. The maximum atomic E-state index is 4.58. The van der Waals surface area contributed by atoms with E-state index in [1.807, 2.05) is 18.3 Å². The van der Waals surface area contributed by atoms with Gasteiger partial charge in [0.05, 0.1) is 22.2 Å². The van der Waals surface area contributed by atoms with Crippen LogP contribution in [0, 0.1) is 0 Å². The van der Waals surface area contributed by atoms with E-state index in [0.29, 0.717) is 0 Å². The highest BCUT2D eigenvalue weighted by Crippen LogP contribution is 2.38. The van der Waals surface area contributed by atoms with Crippen LogP contribution in [0.2, 0.25) is 0 Å². The lowest BCUT2D eigenvalue weighted by Crippen LogP contribution is -1.95. The molecule has 0 saturated carbocycles. The van der Waals surface area contributed by atoms with E-state index < -0.39 is 0 Å². The van der Waals surface area contributed by atoms with Gasteiger partial charge in [-0.1, -0.05) is 60.7 Å². The Kier molecular flexibility index (Phi) is 4.52. The Balaban J connectivity index is 1.40. The number of hydrogen-bond donors (Lipinski definition) is 0. The molecular formula is C35H23N3. The summed E-state index contributed by atoms with van der Waals surface area (Å²) in [6.45, 7) is 0. The number of para-hydroxylation sites is 2. The molecule has 178 valence electrons. The zero-order valence-corrected chi connectivity index (χ0v) is 20.6. The van der Waals surface area contributed by atoms with Gasteiger partial charge >= 0.3 is 0 Å². The lowest BCUT2D eigenvalue weighted by Gasteiger charge is -2.11. The summed E-state index contributed by atoms with van der Waals surface area (Å²) in [6.07, 6.45) is 4.02. The van der Waals surface area contributed by atoms with Gasteiger partial charge in [-0.3, -0.25) is 4.98 Å². The molecule has 0 aliphatic rings. The predicted molar refractivity (Wildman–Crippen MR) is 158 cm³/mol. The first-order chi connectivity index (χ1) is 18.8. The van der Waals surface area contributed by atoms with E-state index in [9.17, 15) is 0 Å². The molecule has 0 atom stereocenters. The van der Waals surface area contributed by atoms with E-state index in [1.54, 1.807) is 0 Å². The molecule has 0 saturated heterocycles. The molecule has 8 aromatic rings. The lowest BCUT2D eigenvalue weighted by molar-refractivity contribution is 1.13. The molecule has 0 spiro atoms. The first kappa shape index (κ1) is 21.0. The van der Waals surface area contributed by atoms with Gasteiger partial charge in [0.25, 0.3) is 0 Å². The second-order valence-corrected chi connectivity index (χ2v) is 9.73. The molecule has 0 aliphatic heterocycles. The first-order valence-electron chi connectivity index (χ1n) is 12.9. The maximum Gasteiger partial charge on any atom is 0.0702 e. The van der Waals surface area contributed by atoms with Crippen molar-refractivity contribution in [2.45, 2.75) is 0 Å². The van der Waals surface area contributed by atoms with Gasteiger partial charge in [-0.15, -0.1) is 0 Å². The van der Waals surface area contributed by atoms with Crippen molar-refractivity contribution in [3.63, 3.8) is 0 Å². The molecule has 0 radical (unpaired) electrons. The van der Waals surface area contributed by atoms with Crippen LogP contribution in [-0.4, -0.2) is 14.1 Å². The average Bonchev–Trinajstić information content (AvgIpc) is 3.56.